The van der Waals surface area contributed by atoms with E-state index in [1.165, 1.54) is 30.6 Å². The van der Waals surface area contributed by atoms with Crippen molar-refractivity contribution in [1.29, 1.82) is 0 Å². The molecule has 1 unspecified atom stereocenters. The summed E-state index contributed by atoms with van der Waals surface area (Å²) < 4.78 is 1.07. The van der Waals surface area contributed by atoms with E-state index in [9.17, 15) is 0 Å². The average Bonchev–Trinajstić information content (AvgIpc) is 3.10. The van der Waals surface area contributed by atoms with Gasteiger partial charge >= 0.3 is 0 Å². The lowest BCUT2D eigenvalue weighted by Gasteiger charge is -2.28. The van der Waals surface area contributed by atoms with Crippen molar-refractivity contribution in [3.63, 3.8) is 0 Å². The molecule has 1 aliphatic carbocycles. The Labute approximate surface area is 136 Å². The van der Waals surface area contributed by atoms with Crippen molar-refractivity contribution in [1.82, 2.24) is 10.3 Å². The first-order valence-electron chi connectivity index (χ1n) is 8.06. The minimum atomic E-state index is 0.385. The summed E-state index contributed by atoms with van der Waals surface area (Å²) in [4.78, 5) is 7.19. The number of rotatable bonds is 4. The molecule has 0 radical (unpaired) electrons. The molecule has 0 amide bonds. The number of aromatic nitrogens is 1. The van der Waals surface area contributed by atoms with E-state index in [0.717, 1.165) is 36.1 Å². The Morgan fingerprint density at radius 3 is 2.71 bits per heavy atom. The number of nitrogens with zero attached hydrogens (tertiary/aromatic N) is 2. The molecule has 1 saturated heterocycles. The fourth-order valence-electron chi connectivity index (χ4n) is 3.09. The van der Waals surface area contributed by atoms with Crippen LogP contribution in [0.2, 0.25) is 0 Å². The predicted molar refractivity (Wildman–Crippen MR) is 91.6 cm³/mol. The lowest BCUT2D eigenvalue weighted by molar-refractivity contribution is 0.263. The highest BCUT2D eigenvalue weighted by molar-refractivity contribution is 9.10. The van der Waals surface area contributed by atoms with E-state index in [4.69, 9.17) is 4.98 Å². The van der Waals surface area contributed by atoms with Crippen molar-refractivity contribution in [3.8, 4) is 0 Å². The largest absolute Gasteiger partial charge is 0.356 e. The fraction of sp³-hybridized carbons (Fsp3) is 0.706. The van der Waals surface area contributed by atoms with Crippen LogP contribution in [0.1, 0.15) is 45.6 Å². The summed E-state index contributed by atoms with van der Waals surface area (Å²) in [5, 5.41) is 3.62. The Hall–Kier alpha value is -0.610. The van der Waals surface area contributed by atoms with Crippen LogP contribution in [0.5, 0.6) is 0 Å². The Morgan fingerprint density at radius 2 is 2.10 bits per heavy atom. The summed E-state index contributed by atoms with van der Waals surface area (Å²) in [5.41, 5.74) is 1.71. The van der Waals surface area contributed by atoms with E-state index >= 15 is 0 Å². The second kappa shape index (κ2) is 5.88. The van der Waals surface area contributed by atoms with Gasteiger partial charge in [-0.3, -0.25) is 0 Å². The Bertz CT molecular complexity index is 505. The van der Waals surface area contributed by atoms with Gasteiger partial charge in [0.05, 0.1) is 0 Å². The van der Waals surface area contributed by atoms with Gasteiger partial charge in [-0.15, -0.1) is 0 Å². The molecular weight excluding hydrogens is 326 g/mol. The van der Waals surface area contributed by atoms with E-state index < -0.39 is 0 Å². The van der Waals surface area contributed by atoms with Crippen molar-refractivity contribution in [2.45, 2.75) is 52.6 Å². The maximum Gasteiger partial charge on any atom is 0.133 e. The molecule has 1 aromatic rings. The molecule has 116 valence electrons. The maximum atomic E-state index is 4.71. The highest BCUT2D eigenvalue weighted by atomic mass is 79.9. The third-order valence-corrected chi connectivity index (χ3v) is 5.21. The van der Waals surface area contributed by atoms with Crippen molar-refractivity contribution >= 4 is 21.7 Å². The van der Waals surface area contributed by atoms with E-state index in [-0.39, 0.29) is 0 Å². The van der Waals surface area contributed by atoms with Gasteiger partial charge in [0, 0.05) is 41.9 Å². The van der Waals surface area contributed by atoms with Crippen LogP contribution in [-0.4, -0.2) is 24.1 Å². The first kappa shape index (κ1) is 15.3. The topological polar surface area (TPSA) is 28.2 Å². The highest BCUT2D eigenvalue weighted by Crippen LogP contribution is 2.36. The van der Waals surface area contributed by atoms with Crippen molar-refractivity contribution < 1.29 is 0 Å². The summed E-state index contributed by atoms with van der Waals surface area (Å²) in [6, 6.07) is 2.96. The second-order valence-electron chi connectivity index (χ2n) is 7.59. The Balaban J connectivity index is 1.74. The first-order valence-corrected chi connectivity index (χ1v) is 8.85. The van der Waals surface area contributed by atoms with Gasteiger partial charge in [0.2, 0.25) is 0 Å². The zero-order valence-corrected chi connectivity index (χ0v) is 14.9. The molecule has 2 fully saturated rings. The molecule has 1 atom stereocenters. The number of halogens is 1. The molecule has 1 N–H and O–H groups in total. The number of pyridine rings is 1. The van der Waals surface area contributed by atoms with E-state index in [1.807, 2.05) is 6.20 Å². The molecular formula is C17H26BrN3. The molecule has 0 spiro atoms. The van der Waals surface area contributed by atoms with Gasteiger partial charge in [-0.1, -0.05) is 20.8 Å². The summed E-state index contributed by atoms with van der Waals surface area (Å²) in [5.74, 6) is 1.94. The summed E-state index contributed by atoms with van der Waals surface area (Å²) >= 11 is 3.56. The molecule has 2 heterocycles. The van der Waals surface area contributed by atoms with Gasteiger partial charge in [0.25, 0.3) is 0 Å². The van der Waals surface area contributed by atoms with Crippen LogP contribution in [0.25, 0.3) is 0 Å². The SMILES string of the molecule is CC(C)(C)C1CCN(c2ncc(Br)cc2CNC2CC2)C1. The molecule has 2 aliphatic rings. The molecule has 0 bridgehead atoms. The quantitative estimate of drug-likeness (QED) is 0.889. The standard InChI is InChI=1S/C17H26BrN3/c1-17(2,3)13-6-7-21(11-13)16-12(8-14(18)10-20-16)9-19-15-4-5-15/h8,10,13,15,19H,4-7,9,11H2,1-3H3. The normalized spacial score (nSPS) is 22.9. The minimum absolute atomic E-state index is 0.385. The van der Waals surface area contributed by atoms with Crippen LogP contribution in [0.3, 0.4) is 0 Å². The lowest BCUT2D eigenvalue weighted by Crippen LogP contribution is -2.28. The molecule has 4 heteroatoms. The third-order valence-electron chi connectivity index (χ3n) is 4.78. The van der Waals surface area contributed by atoms with Crippen molar-refractivity contribution in [2.75, 3.05) is 18.0 Å². The number of anilines is 1. The highest BCUT2D eigenvalue weighted by Gasteiger charge is 2.33. The third kappa shape index (κ3) is 3.78. The Morgan fingerprint density at radius 1 is 1.33 bits per heavy atom. The van der Waals surface area contributed by atoms with Crippen LogP contribution < -0.4 is 10.2 Å². The molecule has 0 aromatic carbocycles. The summed E-state index contributed by atoms with van der Waals surface area (Å²) in [7, 11) is 0. The number of hydrogen-bond donors (Lipinski definition) is 1. The summed E-state index contributed by atoms with van der Waals surface area (Å²) in [6.45, 7) is 10.3. The van der Waals surface area contributed by atoms with Crippen molar-refractivity contribution in [2.24, 2.45) is 11.3 Å². The number of nitrogens with one attached hydrogen (secondary N) is 1. The van der Waals surface area contributed by atoms with Gasteiger partial charge in [-0.2, -0.15) is 0 Å². The molecule has 21 heavy (non-hydrogen) atoms. The van der Waals surface area contributed by atoms with Gasteiger partial charge in [0.15, 0.2) is 0 Å². The second-order valence-corrected chi connectivity index (χ2v) is 8.50. The molecule has 1 saturated carbocycles. The first-order chi connectivity index (χ1) is 9.93. The van der Waals surface area contributed by atoms with Crippen molar-refractivity contribution in [3.05, 3.63) is 22.3 Å². The van der Waals surface area contributed by atoms with Crippen LogP contribution in [0, 0.1) is 11.3 Å². The van der Waals surface area contributed by atoms with E-state index in [0.29, 0.717) is 5.41 Å². The van der Waals surface area contributed by atoms with Gasteiger partial charge in [0.1, 0.15) is 5.82 Å². The predicted octanol–water partition coefficient (Wildman–Crippen LogP) is 3.97. The molecule has 3 rings (SSSR count). The van der Waals surface area contributed by atoms with E-state index in [1.54, 1.807) is 0 Å². The summed E-state index contributed by atoms with van der Waals surface area (Å²) in [6.07, 6.45) is 5.86. The minimum Gasteiger partial charge on any atom is -0.356 e. The maximum absolute atomic E-state index is 4.71. The smallest absolute Gasteiger partial charge is 0.133 e. The zero-order valence-electron chi connectivity index (χ0n) is 13.3. The molecule has 3 nitrogen and oxygen atoms in total. The molecule has 1 aliphatic heterocycles. The van der Waals surface area contributed by atoms with Gasteiger partial charge in [-0.25, -0.2) is 4.98 Å². The van der Waals surface area contributed by atoms with Crippen LogP contribution in [0.15, 0.2) is 16.7 Å². The fourth-order valence-corrected chi connectivity index (χ4v) is 3.47. The van der Waals surface area contributed by atoms with E-state index in [2.05, 4.69) is 53.0 Å². The monoisotopic (exact) mass is 351 g/mol. The lowest BCUT2D eigenvalue weighted by atomic mass is 9.80. The van der Waals surface area contributed by atoms with Crippen LogP contribution >= 0.6 is 15.9 Å². The van der Waals surface area contributed by atoms with Gasteiger partial charge in [-0.05, 0) is 52.6 Å². The zero-order chi connectivity index (χ0) is 15.0. The average molecular weight is 352 g/mol. The number of hydrogen-bond acceptors (Lipinski definition) is 3. The van der Waals surface area contributed by atoms with Gasteiger partial charge < -0.3 is 10.2 Å². The van der Waals surface area contributed by atoms with Crippen LogP contribution in [0.4, 0.5) is 5.82 Å². The van der Waals surface area contributed by atoms with Crippen LogP contribution in [-0.2, 0) is 6.54 Å². The molecule has 1 aromatic heterocycles. The Kier molecular flexibility index (Phi) is 4.28.